The first-order valence-corrected chi connectivity index (χ1v) is 7.16. The molecule has 0 bridgehead atoms. The van der Waals surface area contributed by atoms with E-state index in [1.165, 1.54) is 25.1 Å². The SMILES string of the molecule is CC(=O)c1ccc(NCC(O)c2cccc(C)c2)c([N+](=O)[O-])c1. The summed E-state index contributed by atoms with van der Waals surface area (Å²) < 4.78 is 0. The van der Waals surface area contributed by atoms with Gasteiger partial charge in [0.25, 0.3) is 5.69 Å². The number of nitro benzene ring substituents is 1. The summed E-state index contributed by atoms with van der Waals surface area (Å²) in [4.78, 5) is 21.9. The molecule has 0 amide bonds. The fourth-order valence-corrected chi connectivity index (χ4v) is 2.25. The number of benzene rings is 2. The van der Waals surface area contributed by atoms with E-state index in [1.807, 2.05) is 25.1 Å². The molecule has 2 aromatic carbocycles. The predicted octanol–water partition coefficient (Wildman–Crippen LogP) is 3.25. The average molecular weight is 314 g/mol. The minimum absolute atomic E-state index is 0.129. The smallest absolute Gasteiger partial charge is 0.293 e. The van der Waals surface area contributed by atoms with Crippen LogP contribution in [0.3, 0.4) is 0 Å². The third-order valence-corrected chi connectivity index (χ3v) is 3.51. The second-order valence-electron chi connectivity index (χ2n) is 5.36. The molecule has 0 spiro atoms. The van der Waals surface area contributed by atoms with E-state index >= 15 is 0 Å². The highest BCUT2D eigenvalue weighted by Crippen LogP contribution is 2.26. The summed E-state index contributed by atoms with van der Waals surface area (Å²) in [6.07, 6.45) is -0.790. The molecule has 0 heterocycles. The summed E-state index contributed by atoms with van der Waals surface area (Å²) in [5.74, 6) is -0.237. The van der Waals surface area contributed by atoms with E-state index < -0.39 is 11.0 Å². The van der Waals surface area contributed by atoms with Crippen LogP contribution in [0.15, 0.2) is 42.5 Å². The van der Waals surface area contributed by atoms with E-state index in [0.717, 1.165) is 11.1 Å². The zero-order valence-electron chi connectivity index (χ0n) is 12.9. The minimum atomic E-state index is -0.790. The van der Waals surface area contributed by atoms with Crippen LogP contribution in [0, 0.1) is 17.0 Å². The average Bonchev–Trinajstić information content (AvgIpc) is 2.52. The van der Waals surface area contributed by atoms with Crippen molar-refractivity contribution in [2.24, 2.45) is 0 Å². The van der Waals surface area contributed by atoms with Crippen molar-refractivity contribution in [3.8, 4) is 0 Å². The van der Waals surface area contributed by atoms with E-state index in [2.05, 4.69) is 5.32 Å². The number of carbonyl (C=O) groups is 1. The van der Waals surface area contributed by atoms with Gasteiger partial charge in [0, 0.05) is 18.2 Å². The number of carbonyl (C=O) groups excluding carboxylic acids is 1. The lowest BCUT2D eigenvalue weighted by Crippen LogP contribution is -2.13. The maximum Gasteiger partial charge on any atom is 0.293 e. The van der Waals surface area contributed by atoms with Crippen molar-refractivity contribution in [1.82, 2.24) is 0 Å². The van der Waals surface area contributed by atoms with Crippen LogP contribution in [-0.4, -0.2) is 22.4 Å². The van der Waals surface area contributed by atoms with Crippen LogP contribution in [0.5, 0.6) is 0 Å². The van der Waals surface area contributed by atoms with Crippen LogP contribution >= 0.6 is 0 Å². The van der Waals surface area contributed by atoms with Crippen LogP contribution < -0.4 is 5.32 Å². The van der Waals surface area contributed by atoms with Gasteiger partial charge in [0.1, 0.15) is 5.69 Å². The van der Waals surface area contributed by atoms with Gasteiger partial charge in [-0.05, 0) is 31.5 Å². The van der Waals surface area contributed by atoms with E-state index in [-0.39, 0.29) is 29.3 Å². The molecule has 2 N–H and O–H groups in total. The molecular formula is C17H18N2O4. The molecule has 0 aromatic heterocycles. The highest BCUT2D eigenvalue weighted by Gasteiger charge is 2.17. The first-order chi connectivity index (χ1) is 10.9. The molecule has 23 heavy (non-hydrogen) atoms. The zero-order chi connectivity index (χ0) is 17.0. The largest absolute Gasteiger partial charge is 0.387 e. The molecule has 1 unspecified atom stereocenters. The normalized spacial score (nSPS) is 11.8. The van der Waals surface area contributed by atoms with Gasteiger partial charge < -0.3 is 10.4 Å². The standard InChI is InChI=1S/C17H18N2O4/c1-11-4-3-5-14(8-11)17(21)10-18-15-7-6-13(12(2)20)9-16(15)19(22)23/h3-9,17-18,21H,10H2,1-2H3. The third kappa shape index (κ3) is 4.14. The number of nitro groups is 1. The van der Waals surface area contributed by atoms with E-state index in [1.54, 1.807) is 6.07 Å². The molecule has 0 saturated heterocycles. The number of hydrogen-bond acceptors (Lipinski definition) is 5. The van der Waals surface area contributed by atoms with Crippen molar-refractivity contribution in [3.05, 3.63) is 69.3 Å². The van der Waals surface area contributed by atoms with Crippen LogP contribution in [0.4, 0.5) is 11.4 Å². The van der Waals surface area contributed by atoms with Gasteiger partial charge in [-0.1, -0.05) is 29.8 Å². The summed E-state index contributed by atoms with van der Waals surface area (Å²) in [6, 6.07) is 11.7. The number of rotatable bonds is 6. The predicted molar refractivity (Wildman–Crippen MR) is 87.7 cm³/mol. The molecule has 0 saturated carbocycles. The maximum absolute atomic E-state index is 11.3. The number of ketones is 1. The Bertz CT molecular complexity index is 743. The number of hydrogen-bond donors (Lipinski definition) is 2. The molecule has 120 valence electrons. The second kappa shape index (κ2) is 7.02. The Morgan fingerprint density at radius 1 is 1.30 bits per heavy atom. The Labute approximate surface area is 133 Å². The van der Waals surface area contributed by atoms with Gasteiger partial charge in [0.2, 0.25) is 0 Å². The molecule has 2 aromatic rings. The van der Waals surface area contributed by atoms with E-state index in [4.69, 9.17) is 0 Å². The minimum Gasteiger partial charge on any atom is -0.387 e. The van der Waals surface area contributed by atoms with Crippen molar-refractivity contribution in [2.75, 3.05) is 11.9 Å². The Kier molecular flexibility index (Phi) is 5.08. The molecule has 6 nitrogen and oxygen atoms in total. The fraction of sp³-hybridized carbons (Fsp3) is 0.235. The highest BCUT2D eigenvalue weighted by molar-refractivity contribution is 5.95. The van der Waals surface area contributed by atoms with Crippen LogP contribution in [0.2, 0.25) is 0 Å². The summed E-state index contributed by atoms with van der Waals surface area (Å²) in [5.41, 5.74) is 2.13. The topological polar surface area (TPSA) is 92.5 Å². The summed E-state index contributed by atoms with van der Waals surface area (Å²) in [5, 5.41) is 24.2. The third-order valence-electron chi connectivity index (χ3n) is 3.51. The Morgan fingerprint density at radius 3 is 2.65 bits per heavy atom. The first-order valence-electron chi connectivity index (χ1n) is 7.16. The molecule has 0 aliphatic rings. The van der Waals surface area contributed by atoms with Gasteiger partial charge in [-0.15, -0.1) is 0 Å². The van der Waals surface area contributed by atoms with Gasteiger partial charge in [0.05, 0.1) is 11.0 Å². The van der Waals surface area contributed by atoms with Crippen molar-refractivity contribution in [2.45, 2.75) is 20.0 Å². The molecule has 0 radical (unpaired) electrons. The monoisotopic (exact) mass is 314 g/mol. The van der Waals surface area contributed by atoms with Gasteiger partial charge in [0.15, 0.2) is 5.78 Å². The zero-order valence-corrected chi connectivity index (χ0v) is 12.9. The van der Waals surface area contributed by atoms with Crippen molar-refractivity contribution < 1.29 is 14.8 Å². The van der Waals surface area contributed by atoms with Crippen LogP contribution in [-0.2, 0) is 0 Å². The number of aliphatic hydroxyl groups excluding tert-OH is 1. The summed E-state index contributed by atoms with van der Waals surface area (Å²) in [6.45, 7) is 3.41. The van der Waals surface area contributed by atoms with Gasteiger partial charge in [-0.25, -0.2) is 0 Å². The number of aliphatic hydroxyl groups is 1. The molecule has 0 aliphatic heterocycles. The van der Waals surface area contributed by atoms with Crippen molar-refractivity contribution in [3.63, 3.8) is 0 Å². The highest BCUT2D eigenvalue weighted by atomic mass is 16.6. The number of nitrogens with zero attached hydrogens (tertiary/aromatic N) is 1. The molecule has 0 fully saturated rings. The Hall–Kier alpha value is -2.73. The lowest BCUT2D eigenvalue weighted by atomic mass is 10.1. The Balaban J connectivity index is 2.16. The first kappa shape index (κ1) is 16.6. The summed E-state index contributed by atoms with van der Waals surface area (Å²) >= 11 is 0. The number of aryl methyl sites for hydroxylation is 1. The van der Waals surface area contributed by atoms with Gasteiger partial charge in [-0.2, -0.15) is 0 Å². The van der Waals surface area contributed by atoms with E-state index in [0.29, 0.717) is 0 Å². The van der Waals surface area contributed by atoms with Gasteiger partial charge in [-0.3, -0.25) is 14.9 Å². The summed E-state index contributed by atoms with van der Waals surface area (Å²) in [7, 11) is 0. The van der Waals surface area contributed by atoms with Crippen molar-refractivity contribution >= 4 is 17.2 Å². The fourth-order valence-electron chi connectivity index (χ4n) is 2.25. The molecule has 6 heteroatoms. The molecule has 1 atom stereocenters. The van der Waals surface area contributed by atoms with Crippen LogP contribution in [0.1, 0.15) is 34.5 Å². The lowest BCUT2D eigenvalue weighted by Gasteiger charge is -2.14. The number of Topliss-reactive ketones (excluding diaryl/α,β-unsaturated/α-hetero) is 1. The second-order valence-corrected chi connectivity index (χ2v) is 5.36. The molecule has 2 rings (SSSR count). The molecule has 0 aliphatic carbocycles. The number of anilines is 1. The maximum atomic E-state index is 11.3. The molecular weight excluding hydrogens is 296 g/mol. The number of nitrogens with one attached hydrogen (secondary N) is 1. The van der Waals surface area contributed by atoms with Crippen LogP contribution in [0.25, 0.3) is 0 Å². The lowest BCUT2D eigenvalue weighted by molar-refractivity contribution is -0.384. The quantitative estimate of drug-likeness (QED) is 0.485. The Morgan fingerprint density at radius 2 is 2.04 bits per heavy atom. The van der Waals surface area contributed by atoms with Crippen molar-refractivity contribution in [1.29, 1.82) is 0 Å². The van der Waals surface area contributed by atoms with E-state index in [9.17, 15) is 20.0 Å². The van der Waals surface area contributed by atoms with Gasteiger partial charge >= 0.3 is 0 Å².